The number of aromatic nitrogens is 2. The highest BCUT2D eigenvalue weighted by molar-refractivity contribution is 5.88. The van der Waals surface area contributed by atoms with Crippen molar-refractivity contribution in [3.8, 4) is 5.69 Å². The summed E-state index contributed by atoms with van der Waals surface area (Å²) in [6.45, 7) is 4.98. The number of aliphatic hydroxyl groups excluding tert-OH is 1. The quantitative estimate of drug-likeness (QED) is 0.295. The largest absolute Gasteiger partial charge is 0.394 e. The standard InChI is InChI=1S/C26H39N9O4/c1-17(27)19-6-9-32(10-7-19)14-18-2-4-20(5-3-18)34-11-8-23(31-26(34)39)30-25(38)33-12-13-35(22(29)15-33)24(37)21(28)16-36/h2-5,8,11,17,19,21-22,36H,6-7,9-10,12-16,27-29H2,1H3,(H,30,31,38,39)/t17?,21?,22-/m0/s1. The number of anilines is 1. The smallest absolute Gasteiger partial charge is 0.354 e. The van der Waals surface area contributed by atoms with E-state index in [4.69, 9.17) is 22.3 Å². The topological polar surface area (TPSA) is 189 Å². The van der Waals surface area contributed by atoms with Crippen LogP contribution in [-0.4, -0.2) is 98.9 Å². The van der Waals surface area contributed by atoms with E-state index in [1.165, 1.54) is 19.9 Å². The van der Waals surface area contributed by atoms with E-state index in [2.05, 4.69) is 22.1 Å². The summed E-state index contributed by atoms with van der Waals surface area (Å²) in [4.78, 5) is 46.9. The number of hydrogen-bond donors (Lipinski definition) is 5. The SMILES string of the molecule is CC(N)C1CCN(Cc2ccc(-n3ccc(NC(=O)N4CCN(C(=O)C(N)CO)[C@H](N)C4)nc3=O)cc2)CC1. The Labute approximate surface area is 227 Å². The molecule has 0 saturated carbocycles. The van der Waals surface area contributed by atoms with E-state index in [1.807, 2.05) is 24.3 Å². The monoisotopic (exact) mass is 541 g/mol. The van der Waals surface area contributed by atoms with Crippen LogP contribution in [0.1, 0.15) is 25.3 Å². The Bertz CT molecular complexity index is 1190. The lowest BCUT2D eigenvalue weighted by Crippen LogP contribution is -2.63. The van der Waals surface area contributed by atoms with Crippen molar-refractivity contribution in [2.75, 3.05) is 44.6 Å². The fraction of sp³-hybridized carbons (Fsp3) is 0.538. The molecule has 0 radical (unpaired) electrons. The number of nitrogens with zero attached hydrogens (tertiary/aromatic N) is 5. The van der Waals surface area contributed by atoms with Crippen LogP contribution in [0.3, 0.4) is 0 Å². The van der Waals surface area contributed by atoms with Crippen molar-refractivity contribution in [1.29, 1.82) is 0 Å². The van der Waals surface area contributed by atoms with E-state index in [0.29, 0.717) is 11.6 Å². The molecule has 2 aromatic rings. The van der Waals surface area contributed by atoms with Crippen molar-refractivity contribution in [2.24, 2.45) is 23.1 Å². The van der Waals surface area contributed by atoms with Crippen molar-refractivity contribution < 1.29 is 14.7 Å². The molecule has 2 aliphatic rings. The summed E-state index contributed by atoms with van der Waals surface area (Å²) in [7, 11) is 0. The lowest BCUT2D eigenvalue weighted by Gasteiger charge is -2.40. The van der Waals surface area contributed by atoms with Crippen LogP contribution in [0.25, 0.3) is 5.69 Å². The van der Waals surface area contributed by atoms with Gasteiger partial charge in [0.1, 0.15) is 11.9 Å². The number of urea groups is 1. The molecule has 2 aliphatic heterocycles. The highest BCUT2D eigenvalue weighted by atomic mass is 16.3. The van der Waals surface area contributed by atoms with Crippen LogP contribution >= 0.6 is 0 Å². The molecular formula is C26H39N9O4. The molecule has 3 amide bonds. The molecule has 0 spiro atoms. The Morgan fingerprint density at radius 1 is 1.10 bits per heavy atom. The van der Waals surface area contributed by atoms with Crippen LogP contribution in [0.2, 0.25) is 0 Å². The molecule has 2 unspecified atom stereocenters. The van der Waals surface area contributed by atoms with Gasteiger partial charge in [0.15, 0.2) is 0 Å². The molecular weight excluding hydrogens is 502 g/mol. The summed E-state index contributed by atoms with van der Waals surface area (Å²) < 4.78 is 1.41. The van der Waals surface area contributed by atoms with Gasteiger partial charge >= 0.3 is 11.7 Å². The average Bonchev–Trinajstić information content (AvgIpc) is 2.93. The van der Waals surface area contributed by atoms with Gasteiger partial charge in [-0.15, -0.1) is 0 Å². The summed E-state index contributed by atoms with van der Waals surface area (Å²) in [5.74, 6) is 0.235. The number of aliphatic hydroxyl groups is 1. The highest BCUT2D eigenvalue weighted by Crippen LogP contribution is 2.21. The summed E-state index contributed by atoms with van der Waals surface area (Å²) in [5, 5.41) is 11.7. The van der Waals surface area contributed by atoms with Gasteiger partial charge in [0.05, 0.1) is 25.0 Å². The van der Waals surface area contributed by atoms with Crippen LogP contribution in [0.5, 0.6) is 0 Å². The maximum atomic E-state index is 12.7. The van der Waals surface area contributed by atoms with Crippen LogP contribution < -0.4 is 28.2 Å². The molecule has 13 nitrogen and oxygen atoms in total. The zero-order valence-electron chi connectivity index (χ0n) is 22.3. The number of likely N-dealkylation sites (tertiary alicyclic amines) is 1. The maximum Gasteiger partial charge on any atom is 0.354 e. The van der Waals surface area contributed by atoms with Crippen molar-refractivity contribution >= 4 is 17.8 Å². The molecule has 1 aromatic heterocycles. The van der Waals surface area contributed by atoms with Gasteiger partial charge in [0, 0.05) is 31.9 Å². The van der Waals surface area contributed by atoms with E-state index in [-0.39, 0.29) is 31.5 Å². The van der Waals surface area contributed by atoms with Gasteiger partial charge in [-0.3, -0.25) is 19.6 Å². The second-order valence-corrected chi connectivity index (χ2v) is 10.4. The molecule has 13 heteroatoms. The molecule has 0 bridgehead atoms. The Morgan fingerprint density at radius 2 is 1.79 bits per heavy atom. The Hall–Kier alpha value is -3.36. The lowest BCUT2D eigenvalue weighted by molar-refractivity contribution is -0.137. The number of benzene rings is 1. The highest BCUT2D eigenvalue weighted by Gasteiger charge is 2.32. The molecule has 2 fully saturated rings. The fourth-order valence-electron chi connectivity index (χ4n) is 5.07. The second kappa shape index (κ2) is 12.7. The molecule has 0 aliphatic carbocycles. The van der Waals surface area contributed by atoms with Crippen LogP contribution in [-0.2, 0) is 11.3 Å². The first-order valence-electron chi connectivity index (χ1n) is 13.3. The van der Waals surface area contributed by atoms with Crippen LogP contribution in [0.15, 0.2) is 41.3 Å². The summed E-state index contributed by atoms with van der Waals surface area (Å²) >= 11 is 0. The number of piperazine rings is 1. The third-order valence-corrected chi connectivity index (χ3v) is 7.54. The number of amides is 3. The van der Waals surface area contributed by atoms with E-state index in [1.54, 1.807) is 12.3 Å². The van der Waals surface area contributed by atoms with E-state index in [9.17, 15) is 14.4 Å². The van der Waals surface area contributed by atoms with Gasteiger partial charge in [-0.1, -0.05) is 12.1 Å². The predicted molar refractivity (Wildman–Crippen MR) is 147 cm³/mol. The summed E-state index contributed by atoms with van der Waals surface area (Å²) in [6, 6.07) is 8.05. The van der Waals surface area contributed by atoms with Gasteiger partial charge in [-0.25, -0.2) is 9.59 Å². The number of carbonyl (C=O) groups excluding carboxylic acids is 2. The third kappa shape index (κ3) is 6.99. The van der Waals surface area contributed by atoms with Gasteiger partial charge in [0.25, 0.3) is 0 Å². The molecule has 3 atom stereocenters. The number of rotatable bonds is 7. The normalized spacial score (nSPS) is 20.5. The predicted octanol–water partition coefficient (Wildman–Crippen LogP) is -0.928. The Balaban J connectivity index is 1.32. The molecule has 3 heterocycles. The first-order chi connectivity index (χ1) is 18.7. The van der Waals surface area contributed by atoms with Gasteiger partial charge in [-0.05, 0) is 62.5 Å². The van der Waals surface area contributed by atoms with Gasteiger partial charge in [0.2, 0.25) is 5.91 Å². The maximum absolute atomic E-state index is 12.7. The number of carbonyl (C=O) groups is 2. The molecule has 4 rings (SSSR count). The Kier molecular flexibility index (Phi) is 9.30. The average molecular weight is 542 g/mol. The van der Waals surface area contributed by atoms with Crippen molar-refractivity contribution in [2.45, 2.75) is 44.6 Å². The molecule has 2 saturated heterocycles. The molecule has 212 valence electrons. The minimum atomic E-state index is -1.05. The van der Waals surface area contributed by atoms with Crippen molar-refractivity contribution in [3.63, 3.8) is 0 Å². The third-order valence-electron chi connectivity index (χ3n) is 7.54. The van der Waals surface area contributed by atoms with Gasteiger partial charge < -0.3 is 32.1 Å². The van der Waals surface area contributed by atoms with Crippen LogP contribution in [0, 0.1) is 5.92 Å². The van der Waals surface area contributed by atoms with E-state index >= 15 is 0 Å². The number of nitrogens with two attached hydrogens (primary N) is 3. The van der Waals surface area contributed by atoms with Gasteiger partial charge in [-0.2, -0.15) is 4.98 Å². The minimum absolute atomic E-state index is 0.0727. The van der Waals surface area contributed by atoms with Crippen molar-refractivity contribution in [3.05, 3.63) is 52.6 Å². The summed E-state index contributed by atoms with van der Waals surface area (Å²) in [6.07, 6.45) is 3.03. The summed E-state index contributed by atoms with van der Waals surface area (Å²) in [5.41, 5.74) is 19.0. The first kappa shape index (κ1) is 28.6. The zero-order valence-corrected chi connectivity index (χ0v) is 22.3. The minimum Gasteiger partial charge on any atom is -0.394 e. The number of piperidine rings is 1. The number of nitrogens with one attached hydrogen (secondary N) is 1. The van der Waals surface area contributed by atoms with E-state index < -0.39 is 36.4 Å². The van der Waals surface area contributed by atoms with Crippen molar-refractivity contribution in [1.82, 2.24) is 24.3 Å². The lowest BCUT2D eigenvalue weighted by atomic mass is 9.91. The van der Waals surface area contributed by atoms with Crippen LogP contribution in [0.4, 0.5) is 10.6 Å². The molecule has 39 heavy (non-hydrogen) atoms. The molecule has 8 N–H and O–H groups in total. The Morgan fingerprint density at radius 3 is 2.38 bits per heavy atom. The van der Waals surface area contributed by atoms with E-state index in [0.717, 1.165) is 32.5 Å². The molecule has 1 aromatic carbocycles. The first-order valence-corrected chi connectivity index (χ1v) is 13.3. The second-order valence-electron chi connectivity index (χ2n) is 10.4. The zero-order chi connectivity index (χ0) is 28.1. The number of hydrogen-bond acceptors (Lipinski definition) is 9. The fourth-order valence-corrected chi connectivity index (χ4v) is 5.07.